The third-order valence-electron chi connectivity index (χ3n) is 2.85. The molecule has 1 aromatic rings. The minimum absolute atomic E-state index is 0.797. The predicted molar refractivity (Wildman–Crippen MR) is 71.5 cm³/mol. The highest BCUT2D eigenvalue weighted by Crippen LogP contribution is 2.17. The fourth-order valence-corrected chi connectivity index (χ4v) is 1.96. The Morgan fingerprint density at radius 1 is 1.50 bits per heavy atom. The number of aliphatic carboxylic acids is 1. The largest absolute Gasteiger partial charge is 0.478 e. The van der Waals surface area contributed by atoms with Crippen molar-refractivity contribution in [1.29, 1.82) is 0 Å². The summed E-state index contributed by atoms with van der Waals surface area (Å²) in [6, 6.07) is 3.82. The van der Waals surface area contributed by atoms with E-state index in [0.29, 0.717) is 0 Å². The van der Waals surface area contributed by atoms with Crippen LogP contribution in [0.4, 0.5) is 5.82 Å². The van der Waals surface area contributed by atoms with E-state index in [1.807, 2.05) is 12.1 Å². The van der Waals surface area contributed by atoms with Crippen LogP contribution < -0.4 is 4.90 Å². The van der Waals surface area contributed by atoms with Crippen molar-refractivity contribution in [2.75, 3.05) is 18.0 Å². The van der Waals surface area contributed by atoms with Crippen molar-refractivity contribution in [2.24, 2.45) is 0 Å². The molecule has 0 aliphatic carbocycles. The second-order valence-electron chi connectivity index (χ2n) is 4.38. The second-order valence-corrected chi connectivity index (χ2v) is 4.38. The molecule has 0 saturated heterocycles. The Hall–Kier alpha value is -2.10. The monoisotopic (exact) mass is 244 g/mol. The maximum Gasteiger partial charge on any atom is 0.328 e. The average molecular weight is 244 g/mol. The Morgan fingerprint density at radius 3 is 2.94 bits per heavy atom. The number of pyridine rings is 1. The molecular weight excluding hydrogens is 228 g/mol. The van der Waals surface area contributed by atoms with Gasteiger partial charge in [-0.1, -0.05) is 11.6 Å². The number of aromatic nitrogens is 1. The van der Waals surface area contributed by atoms with Crippen molar-refractivity contribution in [1.82, 2.24) is 4.98 Å². The molecule has 0 fully saturated rings. The number of carboxylic acid groups (broad SMARTS) is 1. The summed E-state index contributed by atoms with van der Waals surface area (Å²) in [4.78, 5) is 17.0. The maximum atomic E-state index is 10.4. The summed E-state index contributed by atoms with van der Waals surface area (Å²) in [6.07, 6.45) is 7.65. The van der Waals surface area contributed by atoms with E-state index in [-0.39, 0.29) is 0 Å². The van der Waals surface area contributed by atoms with Crippen molar-refractivity contribution in [3.8, 4) is 0 Å². The summed E-state index contributed by atoms with van der Waals surface area (Å²) in [5.41, 5.74) is 2.16. The van der Waals surface area contributed by atoms with Crippen LogP contribution in [0.25, 0.3) is 6.08 Å². The van der Waals surface area contributed by atoms with Gasteiger partial charge < -0.3 is 10.0 Å². The quantitative estimate of drug-likeness (QED) is 0.655. The van der Waals surface area contributed by atoms with Crippen LogP contribution in [0.15, 0.2) is 36.1 Å². The fourth-order valence-electron chi connectivity index (χ4n) is 1.96. The van der Waals surface area contributed by atoms with Crippen molar-refractivity contribution in [3.05, 3.63) is 41.6 Å². The minimum atomic E-state index is -0.948. The molecule has 1 N–H and O–H groups in total. The van der Waals surface area contributed by atoms with Crippen LogP contribution in [0.3, 0.4) is 0 Å². The van der Waals surface area contributed by atoms with Crippen LogP contribution in [-0.4, -0.2) is 29.1 Å². The van der Waals surface area contributed by atoms with Gasteiger partial charge in [0.15, 0.2) is 0 Å². The normalized spacial score (nSPS) is 15.8. The Labute approximate surface area is 106 Å². The third kappa shape index (κ3) is 3.20. The number of rotatable bonds is 3. The molecule has 4 heteroatoms. The smallest absolute Gasteiger partial charge is 0.328 e. The summed E-state index contributed by atoms with van der Waals surface area (Å²) in [5.74, 6) is -0.00852. The zero-order valence-electron chi connectivity index (χ0n) is 10.3. The lowest BCUT2D eigenvalue weighted by atomic mass is 10.1. The van der Waals surface area contributed by atoms with Gasteiger partial charge in [-0.25, -0.2) is 9.78 Å². The van der Waals surface area contributed by atoms with Gasteiger partial charge in [0, 0.05) is 25.4 Å². The van der Waals surface area contributed by atoms with Crippen molar-refractivity contribution >= 4 is 17.9 Å². The first-order chi connectivity index (χ1) is 8.65. The van der Waals surface area contributed by atoms with Crippen LogP contribution in [0, 0.1) is 0 Å². The lowest BCUT2D eigenvalue weighted by molar-refractivity contribution is -0.131. The molecule has 0 aromatic carbocycles. The number of nitrogens with zero attached hydrogens (tertiary/aromatic N) is 2. The van der Waals surface area contributed by atoms with Crippen molar-refractivity contribution < 1.29 is 9.90 Å². The molecule has 1 aromatic heterocycles. The Kier molecular flexibility index (Phi) is 3.77. The topological polar surface area (TPSA) is 53.4 Å². The van der Waals surface area contributed by atoms with Gasteiger partial charge in [-0.15, -0.1) is 0 Å². The molecule has 18 heavy (non-hydrogen) atoms. The molecule has 0 amide bonds. The Balaban J connectivity index is 2.08. The van der Waals surface area contributed by atoms with E-state index in [1.54, 1.807) is 12.3 Å². The van der Waals surface area contributed by atoms with Crippen LogP contribution in [0.1, 0.15) is 18.9 Å². The first kappa shape index (κ1) is 12.4. The van der Waals surface area contributed by atoms with E-state index in [2.05, 4.69) is 22.9 Å². The first-order valence-corrected chi connectivity index (χ1v) is 5.93. The van der Waals surface area contributed by atoms with E-state index >= 15 is 0 Å². The number of carboxylic acids is 1. The molecule has 0 radical (unpaired) electrons. The van der Waals surface area contributed by atoms with Crippen LogP contribution in [0.5, 0.6) is 0 Å². The summed E-state index contributed by atoms with van der Waals surface area (Å²) < 4.78 is 0. The van der Waals surface area contributed by atoms with Gasteiger partial charge >= 0.3 is 5.97 Å². The summed E-state index contributed by atoms with van der Waals surface area (Å²) in [5, 5.41) is 8.54. The molecule has 0 bridgehead atoms. The van der Waals surface area contributed by atoms with Gasteiger partial charge in [0.25, 0.3) is 0 Å². The van der Waals surface area contributed by atoms with Gasteiger partial charge in [0.05, 0.1) is 0 Å². The molecule has 94 valence electrons. The predicted octanol–water partition coefficient (Wildman–Crippen LogP) is 2.34. The number of hydrogen-bond donors (Lipinski definition) is 1. The molecule has 2 heterocycles. The van der Waals surface area contributed by atoms with Crippen LogP contribution in [-0.2, 0) is 4.79 Å². The summed E-state index contributed by atoms with van der Waals surface area (Å²) >= 11 is 0. The summed E-state index contributed by atoms with van der Waals surface area (Å²) in [7, 11) is 0. The molecule has 0 unspecified atom stereocenters. The van der Waals surface area contributed by atoms with E-state index in [4.69, 9.17) is 5.11 Å². The third-order valence-corrected chi connectivity index (χ3v) is 2.85. The van der Waals surface area contributed by atoms with Crippen LogP contribution in [0.2, 0.25) is 0 Å². The summed E-state index contributed by atoms with van der Waals surface area (Å²) in [6.45, 7) is 4.02. The van der Waals surface area contributed by atoms with E-state index in [9.17, 15) is 4.79 Å². The van der Waals surface area contributed by atoms with Gasteiger partial charge in [0.1, 0.15) is 5.82 Å². The zero-order chi connectivity index (χ0) is 13.0. The number of hydrogen-bond acceptors (Lipinski definition) is 3. The highest BCUT2D eigenvalue weighted by Gasteiger charge is 2.11. The average Bonchev–Trinajstić information content (AvgIpc) is 2.37. The minimum Gasteiger partial charge on any atom is -0.478 e. The zero-order valence-corrected chi connectivity index (χ0v) is 10.3. The van der Waals surface area contributed by atoms with Gasteiger partial charge in [0.2, 0.25) is 0 Å². The molecule has 2 rings (SSSR count). The SMILES string of the molecule is CC1=CCCN(c2ccc(/C=C/C(=O)O)cn2)C1. The maximum absolute atomic E-state index is 10.4. The van der Waals surface area contributed by atoms with E-state index in [0.717, 1.165) is 37.0 Å². The first-order valence-electron chi connectivity index (χ1n) is 5.93. The van der Waals surface area contributed by atoms with E-state index in [1.165, 1.54) is 5.57 Å². The molecule has 1 aliphatic rings. The molecule has 0 spiro atoms. The fraction of sp³-hybridized carbons (Fsp3) is 0.286. The standard InChI is InChI=1S/C14H16N2O2/c1-11-3-2-8-16(10-11)13-6-4-12(9-15-13)5-7-14(17)18/h3-7,9H,2,8,10H2,1H3,(H,17,18)/b7-5+. The second kappa shape index (κ2) is 5.49. The van der Waals surface area contributed by atoms with Crippen molar-refractivity contribution in [3.63, 3.8) is 0 Å². The molecule has 0 saturated carbocycles. The molecule has 1 aliphatic heterocycles. The van der Waals surface area contributed by atoms with Gasteiger partial charge in [-0.3, -0.25) is 0 Å². The number of carbonyl (C=O) groups is 1. The van der Waals surface area contributed by atoms with E-state index < -0.39 is 5.97 Å². The molecular formula is C14H16N2O2. The highest BCUT2D eigenvalue weighted by molar-refractivity contribution is 5.85. The number of anilines is 1. The lowest BCUT2D eigenvalue weighted by Crippen LogP contribution is -2.29. The van der Waals surface area contributed by atoms with Gasteiger partial charge in [-0.05, 0) is 37.1 Å². The molecule has 0 atom stereocenters. The van der Waals surface area contributed by atoms with Crippen LogP contribution >= 0.6 is 0 Å². The Bertz CT molecular complexity index is 489. The molecule has 4 nitrogen and oxygen atoms in total. The van der Waals surface area contributed by atoms with Gasteiger partial charge in [-0.2, -0.15) is 0 Å². The lowest BCUT2D eigenvalue weighted by Gasteiger charge is -2.27. The van der Waals surface area contributed by atoms with Crippen molar-refractivity contribution in [2.45, 2.75) is 13.3 Å². The Morgan fingerprint density at radius 2 is 2.33 bits per heavy atom. The highest BCUT2D eigenvalue weighted by atomic mass is 16.4.